The Labute approximate surface area is 172 Å². The number of hydrogen-bond donors (Lipinski definition) is 1. The minimum Gasteiger partial charge on any atom is -0.391 e. The van der Waals surface area contributed by atoms with Gasteiger partial charge in [-0.05, 0) is 24.7 Å². The first-order chi connectivity index (χ1) is 13.4. The molecule has 2 aromatic rings. The van der Waals surface area contributed by atoms with Gasteiger partial charge in [0.1, 0.15) is 4.90 Å². The second kappa shape index (κ2) is 10.9. The second-order valence-electron chi connectivity index (χ2n) is 6.57. The lowest BCUT2D eigenvalue weighted by atomic mass is 10.2. The molecule has 0 bridgehead atoms. The number of rotatable bonds is 11. The number of nitrogens with zero attached hydrogens (tertiary/aromatic N) is 3. The molecular weight excluding hydrogens is 394 g/mol. The van der Waals surface area contributed by atoms with Gasteiger partial charge in [0.05, 0.1) is 11.1 Å². The van der Waals surface area contributed by atoms with Crippen molar-refractivity contribution in [3.05, 3.63) is 54.2 Å². The third-order valence-corrected chi connectivity index (χ3v) is 7.42. The van der Waals surface area contributed by atoms with Gasteiger partial charge in [0, 0.05) is 38.1 Å². The van der Waals surface area contributed by atoms with Crippen LogP contribution in [0.5, 0.6) is 0 Å². The first-order valence-corrected chi connectivity index (χ1v) is 11.8. The van der Waals surface area contributed by atoms with Crippen LogP contribution in [0.1, 0.15) is 19.4 Å². The van der Waals surface area contributed by atoms with E-state index in [-0.39, 0.29) is 4.90 Å². The molecule has 0 saturated carbocycles. The summed E-state index contributed by atoms with van der Waals surface area (Å²) in [7, 11) is -1.51. The first kappa shape index (κ1) is 22.8. The fourth-order valence-corrected chi connectivity index (χ4v) is 5.03. The van der Waals surface area contributed by atoms with Crippen LogP contribution in [0.4, 0.5) is 0 Å². The van der Waals surface area contributed by atoms with Crippen molar-refractivity contribution in [2.45, 2.75) is 36.4 Å². The molecule has 0 amide bonds. The number of aromatic nitrogens is 1. The van der Waals surface area contributed by atoms with Crippen LogP contribution < -0.4 is 0 Å². The molecular formula is C20H29N3O3S2. The zero-order chi connectivity index (χ0) is 20.6. The highest BCUT2D eigenvalue weighted by Gasteiger charge is 2.21. The lowest BCUT2D eigenvalue weighted by Gasteiger charge is -2.20. The number of aliphatic hydroxyl groups excluding tert-OH is 1. The van der Waals surface area contributed by atoms with Crippen LogP contribution >= 0.6 is 11.8 Å². The third kappa shape index (κ3) is 6.56. The van der Waals surface area contributed by atoms with E-state index < -0.39 is 16.1 Å². The molecule has 154 valence electrons. The Hall–Kier alpha value is -1.45. The Kier molecular flexibility index (Phi) is 8.91. The van der Waals surface area contributed by atoms with Crippen molar-refractivity contribution in [3.63, 3.8) is 0 Å². The van der Waals surface area contributed by atoms with E-state index in [0.717, 1.165) is 6.54 Å². The zero-order valence-corrected chi connectivity index (χ0v) is 18.3. The predicted molar refractivity (Wildman–Crippen MR) is 114 cm³/mol. The van der Waals surface area contributed by atoms with E-state index >= 15 is 0 Å². The van der Waals surface area contributed by atoms with Crippen molar-refractivity contribution in [2.24, 2.45) is 0 Å². The molecule has 1 heterocycles. The van der Waals surface area contributed by atoms with E-state index in [9.17, 15) is 13.5 Å². The van der Waals surface area contributed by atoms with Gasteiger partial charge in [-0.2, -0.15) is 4.31 Å². The van der Waals surface area contributed by atoms with Gasteiger partial charge in [0.25, 0.3) is 0 Å². The van der Waals surface area contributed by atoms with E-state index in [1.54, 1.807) is 12.1 Å². The van der Waals surface area contributed by atoms with Crippen LogP contribution in [0.15, 0.2) is 58.6 Å². The van der Waals surface area contributed by atoms with Crippen molar-refractivity contribution in [3.8, 4) is 0 Å². The maximum Gasteiger partial charge on any atom is 0.244 e. The lowest BCUT2D eigenvalue weighted by molar-refractivity contribution is 0.142. The van der Waals surface area contributed by atoms with Gasteiger partial charge < -0.3 is 5.11 Å². The number of thioether (sulfide) groups is 1. The smallest absolute Gasteiger partial charge is 0.244 e. The molecule has 2 rings (SSSR count). The Balaban J connectivity index is 1.85. The molecule has 1 N–H and O–H groups in total. The Morgan fingerprint density at radius 2 is 1.79 bits per heavy atom. The highest BCUT2D eigenvalue weighted by atomic mass is 32.2. The molecule has 0 saturated heterocycles. The van der Waals surface area contributed by atoms with Crippen LogP contribution in [0.25, 0.3) is 0 Å². The Morgan fingerprint density at radius 1 is 1.11 bits per heavy atom. The molecule has 0 fully saturated rings. The van der Waals surface area contributed by atoms with Crippen molar-refractivity contribution < 1.29 is 13.5 Å². The van der Waals surface area contributed by atoms with Crippen LogP contribution in [0, 0.1) is 0 Å². The summed E-state index contributed by atoms with van der Waals surface area (Å²) in [5.41, 5.74) is 1.21. The summed E-state index contributed by atoms with van der Waals surface area (Å²) in [5, 5.41) is 11.0. The van der Waals surface area contributed by atoms with Crippen molar-refractivity contribution >= 4 is 21.8 Å². The average Bonchev–Trinajstić information content (AvgIpc) is 2.68. The lowest BCUT2D eigenvalue weighted by Crippen LogP contribution is -2.30. The fraction of sp³-hybridized carbons (Fsp3) is 0.450. The van der Waals surface area contributed by atoms with E-state index in [1.807, 2.05) is 39.1 Å². The zero-order valence-electron chi connectivity index (χ0n) is 16.7. The molecule has 1 unspecified atom stereocenters. The summed E-state index contributed by atoms with van der Waals surface area (Å²) < 4.78 is 26.4. The highest BCUT2D eigenvalue weighted by Crippen LogP contribution is 2.20. The summed E-state index contributed by atoms with van der Waals surface area (Å²) in [6, 6.07) is 13.4. The Morgan fingerprint density at radius 3 is 2.36 bits per heavy atom. The summed E-state index contributed by atoms with van der Waals surface area (Å²) in [6.45, 7) is 5.81. The quantitative estimate of drug-likeness (QED) is 0.560. The summed E-state index contributed by atoms with van der Waals surface area (Å²) >= 11 is 1.42. The molecule has 0 aliphatic heterocycles. The number of likely N-dealkylation sites (N-methyl/N-ethyl adjacent to an activating group) is 1. The SMILES string of the molecule is CCN(CC)S(=O)(=O)c1ccc(SCC(O)CN(C)Cc2ccccc2)nc1. The number of aliphatic hydroxyl groups is 1. The van der Waals surface area contributed by atoms with Crippen LogP contribution in [-0.4, -0.2) is 66.3 Å². The van der Waals surface area contributed by atoms with E-state index in [2.05, 4.69) is 22.0 Å². The minimum atomic E-state index is -3.49. The van der Waals surface area contributed by atoms with Crippen LogP contribution in [0.2, 0.25) is 0 Å². The van der Waals surface area contributed by atoms with Crippen LogP contribution in [0.3, 0.4) is 0 Å². The van der Waals surface area contributed by atoms with Gasteiger partial charge in [-0.1, -0.05) is 44.2 Å². The molecule has 0 spiro atoms. The molecule has 6 nitrogen and oxygen atoms in total. The Bertz CT molecular complexity index is 810. The van der Waals surface area contributed by atoms with E-state index in [1.165, 1.54) is 27.8 Å². The minimum absolute atomic E-state index is 0.198. The average molecular weight is 424 g/mol. The molecule has 0 aliphatic rings. The topological polar surface area (TPSA) is 73.7 Å². The monoisotopic (exact) mass is 423 g/mol. The van der Waals surface area contributed by atoms with Gasteiger partial charge in [-0.3, -0.25) is 4.90 Å². The summed E-state index contributed by atoms with van der Waals surface area (Å²) in [5.74, 6) is 0.494. The third-order valence-electron chi connectivity index (χ3n) is 4.29. The molecule has 1 aromatic carbocycles. The first-order valence-electron chi connectivity index (χ1n) is 9.36. The number of pyridine rings is 1. The van der Waals surface area contributed by atoms with Crippen molar-refractivity contribution in [2.75, 3.05) is 32.4 Å². The van der Waals surface area contributed by atoms with Gasteiger partial charge in [-0.25, -0.2) is 13.4 Å². The molecule has 1 atom stereocenters. The standard InChI is InChI=1S/C20H29N3O3S2/c1-4-23(5-2)28(25,26)19-11-12-20(21-13-19)27-16-18(24)15-22(3)14-17-9-7-6-8-10-17/h6-13,18,24H,4-5,14-16H2,1-3H3. The normalized spacial score (nSPS) is 13.2. The molecule has 1 aromatic heterocycles. The van der Waals surface area contributed by atoms with Crippen molar-refractivity contribution in [1.29, 1.82) is 0 Å². The van der Waals surface area contributed by atoms with Crippen molar-refractivity contribution in [1.82, 2.24) is 14.2 Å². The largest absolute Gasteiger partial charge is 0.391 e. The van der Waals surface area contributed by atoms with Gasteiger partial charge in [0.2, 0.25) is 10.0 Å². The number of sulfonamides is 1. The second-order valence-corrected chi connectivity index (χ2v) is 9.55. The molecule has 8 heteroatoms. The van der Waals surface area contributed by atoms with Gasteiger partial charge >= 0.3 is 0 Å². The van der Waals surface area contributed by atoms with E-state index in [4.69, 9.17) is 0 Å². The molecule has 0 radical (unpaired) electrons. The molecule has 0 aliphatic carbocycles. The number of hydrogen-bond acceptors (Lipinski definition) is 6. The van der Waals surface area contributed by atoms with Gasteiger partial charge in [-0.15, -0.1) is 11.8 Å². The fourth-order valence-electron chi connectivity index (χ4n) is 2.87. The maximum absolute atomic E-state index is 12.5. The van der Waals surface area contributed by atoms with Crippen LogP contribution in [-0.2, 0) is 16.6 Å². The summed E-state index contributed by atoms with van der Waals surface area (Å²) in [4.78, 5) is 6.52. The molecule has 28 heavy (non-hydrogen) atoms. The highest BCUT2D eigenvalue weighted by molar-refractivity contribution is 7.99. The number of benzene rings is 1. The maximum atomic E-state index is 12.5. The predicted octanol–water partition coefficient (Wildman–Crippen LogP) is 2.70. The summed E-state index contributed by atoms with van der Waals surface area (Å²) in [6.07, 6.45) is 0.892. The van der Waals surface area contributed by atoms with E-state index in [0.29, 0.717) is 30.4 Å². The van der Waals surface area contributed by atoms with Gasteiger partial charge in [0.15, 0.2) is 0 Å².